The van der Waals surface area contributed by atoms with Gasteiger partial charge in [0.05, 0.1) is 57.2 Å². The molecule has 464 valence electrons. The van der Waals surface area contributed by atoms with Gasteiger partial charge in [0.15, 0.2) is 0 Å². The first-order chi connectivity index (χ1) is 41.3. The molecule has 6 aromatic rings. The fourth-order valence-electron chi connectivity index (χ4n) is 11.2. The van der Waals surface area contributed by atoms with Crippen LogP contribution >= 0.6 is 15.9 Å². The van der Waals surface area contributed by atoms with Gasteiger partial charge in [-0.2, -0.15) is 0 Å². The molecule has 0 unspecified atom stereocenters. The summed E-state index contributed by atoms with van der Waals surface area (Å²) in [4.78, 5) is 110. The minimum absolute atomic E-state index is 0. The van der Waals surface area contributed by atoms with Gasteiger partial charge in [-0.25, -0.2) is 24.4 Å². The second-order valence-electron chi connectivity index (χ2n) is 22.7. The van der Waals surface area contributed by atoms with E-state index in [1.54, 1.807) is 22.2 Å². The summed E-state index contributed by atoms with van der Waals surface area (Å²) >= 11 is 3.44. The average Bonchev–Trinajstić information content (AvgIpc) is 2.68. The third-order valence-corrected chi connectivity index (χ3v) is 16.5. The van der Waals surface area contributed by atoms with Gasteiger partial charge in [-0.15, -0.1) is 0 Å². The second-order valence-corrected chi connectivity index (χ2v) is 23.6. The minimum atomic E-state index is -0.792. The van der Waals surface area contributed by atoms with Crippen LogP contribution in [0, 0.1) is 17.8 Å². The average molecular weight is 1260 g/mol. The first-order valence-corrected chi connectivity index (χ1v) is 30.0. The van der Waals surface area contributed by atoms with Crippen molar-refractivity contribution in [3.05, 3.63) is 126 Å². The van der Waals surface area contributed by atoms with Gasteiger partial charge in [-0.1, -0.05) is 138 Å². The Hall–Kier alpha value is -8.53. The maximum atomic E-state index is 13.5. The Labute approximate surface area is 517 Å². The van der Waals surface area contributed by atoms with E-state index in [9.17, 15) is 33.6 Å². The zero-order chi connectivity index (χ0) is 61.8. The number of aromatic amines is 2. The van der Waals surface area contributed by atoms with Crippen LogP contribution in [0.2, 0.25) is 0 Å². The van der Waals surface area contributed by atoms with E-state index in [4.69, 9.17) is 9.47 Å². The van der Waals surface area contributed by atoms with Crippen molar-refractivity contribution in [1.82, 2.24) is 50.6 Å². The number of methoxy groups -OCH3 is 3. The summed E-state index contributed by atoms with van der Waals surface area (Å²) in [6.45, 7) is 13.0. The van der Waals surface area contributed by atoms with E-state index in [2.05, 4.69) is 98.3 Å². The molecule has 3 aliphatic rings. The van der Waals surface area contributed by atoms with Crippen LogP contribution in [0.15, 0.2) is 114 Å². The number of hydrogen-bond acceptors (Lipinski definition) is 12. The van der Waals surface area contributed by atoms with Crippen molar-refractivity contribution in [1.29, 1.82) is 0 Å². The Balaban J connectivity index is 0.000000312. The molecule has 3 saturated heterocycles. The summed E-state index contributed by atoms with van der Waals surface area (Å²) < 4.78 is 15.1. The van der Waals surface area contributed by atoms with E-state index < -0.39 is 42.4 Å². The van der Waals surface area contributed by atoms with Gasteiger partial charge in [0, 0.05) is 29.8 Å². The molecule has 2 aromatic heterocycles. The monoisotopic (exact) mass is 1260 g/mol. The summed E-state index contributed by atoms with van der Waals surface area (Å²) in [6, 6.07) is 29.0. The van der Waals surface area contributed by atoms with Crippen LogP contribution in [0.5, 0.6) is 0 Å². The first-order valence-electron chi connectivity index (χ1n) is 29.2. The number of ether oxygens (including phenoxy) is 3. The van der Waals surface area contributed by atoms with Crippen LogP contribution in [0.4, 0.5) is 20.1 Å². The highest BCUT2D eigenvalue weighted by atomic mass is 79.9. The van der Waals surface area contributed by atoms with Crippen molar-refractivity contribution in [2.45, 2.75) is 124 Å². The van der Waals surface area contributed by atoms with Gasteiger partial charge in [-0.05, 0) is 114 Å². The van der Waals surface area contributed by atoms with Crippen molar-refractivity contribution in [3.63, 3.8) is 0 Å². The molecule has 0 bridgehead atoms. The van der Waals surface area contributed by atoms with Gasteiger partial charge in [-0.3, -0.25) is 19.2 Å². The summed E-state index contributed by atoms with van der Waals surface area (Å²) in [5.74, 6) is 0.331. The molecule has 7 amide bonds. The molecule has 6 N–H and O–H groups in total. The fraction of sp³-hybridized carbons (Fsp3) is 0.431. The molecule has 0 radical (unpaired) electrons. The smallest absolute Gasteiger partial charge is 0.407 e. The Morgan fingerprint density at radius 2 is 0.805 bits per heavy atom. The number of imidazole rings is 2. The number of amides is 7. The van der Waals surface area contributed by atoms with Crippen molar-refractivity contribution < 1.29 is 47.8 Å². The Morgan fingerprint density at radius 1 is 0.483 bits per heavy atom. The highest BCUT2D eigenvalue weighted by molar-refractivity contribution is 9.10. The largest absolute Gasteiger partial charge is 0.453 e. The molecule has 9 rings (SSSR count). The maximum absolute atomic E-state index is 13.5. The number of carbonyl (C=O) groups excluding carboxylic acids is 7. The molecule has 6 atom stereocenters. The summed E-state index contributed by atoms with van der Waals surface area (Å²) in [6.07, 6.45) is 6.27. The molecule has 4 aromatic carbocycles. The number of H-pyrrole nitrogens is 2. The van der Waals surface area contributed by atoms with Gasteiger partial charge in [0.1, 0.15) is 35.8 Å². The zero-order valence-corrected chi connectivity index (χ0v) is 51.7. The van der Waals surface area contributed by atoms with Crippen molar-refractivity contribution in [2.24, 2.45) is 17.8 Å². The maximum Gasteiger partial charge on any atom is 0.407 e. The molecule has 0 aliphatic carbocycles. The molecule has 0 saturated carbocycles. The van der Waals surface area contributed by atoms with Crippen molar-refractivity contribution in [3.8, 4) is 44.8 Å². The van der Waals surface area contributed by atoms with E-state index in [-0.39, 0.29) is 60.9 Å². The predicted octanol–water partition coefficient (Wildman–Crippen LogP) is 11.3. The highest BCUT2D eigenvalue weighted by Crippen LogP contribution is 2.36. The normalized spacial score (nSPS) is 17.3. The Bertz CT molecular complexity index is 3310. The molecule has 22 heteroatoms. The Morgan fingerprint density at radius 3 is 1.17 bits per heavy atom. The minimum Gasteiger partial charge on any atom is -0.453 e. The van der Waals surface area contributed by atoms with E-state index in [1.165, 1.54) is 21.3 Å². The fourth-order valence-corrected chi connectivity index (χ4v) is 11.4. The number of nitrogens with one attached hydrogen (secondary N) is 6. The number of rotatable bonds is 17. The summed E-state index contributed by atoms with van der Waals surface area (Å²) in [5.41, 5.74) is 8.52. The molecule has 3 fully saturated rings. The predicted molar refractivity (Wildman–Crippen MR) is 337 cm³/mol. The summed E-state index contributed by atoms with van der Waals surface area (Å²) in [5, 5.41) is 10.9. The lowest BCUT2D eigenvalue weighted by Gasteiger charge is -2.30. The lowest BCUT2D eigenvalue weighted by molar-refractivity contribution is -0.139. The van der Waals surface area contributed by atoms with Crippen LogP contribution in [0.25, 0.3) is 44.8 Å². The third-order valence-electron chi connectivity index (χ3n) is 16.0. The van der Waals surface area contributed by atoms with Crippen LogP contribution in [0.3, 0.4) is 0 Å². The van der Waals surface area contributed by atoms with E-state index in [0.29, 0.717) is 38.2 Å². The lowest BCUT2D eigenvalue weighted by atomic mass is 9.99. The quantitative estimate of drug-likeness (QED) is 0.0466. The molecular weight excluding hydrogens is 1170 g/mol. The van der Waals surface area contributed by atoms with E-state index >= 15 is 0 Å². The van der Waals surface area contributed by atoms with Gasteiger partial charge in [0.2, 0.25) is 23.6 Å². The topological polar surface area (TPSA) is 262 Å². The molecule has 5 heterocycles. The number of aromatic nitrogens is 4. The third kappa shape index (κ3) is 16.1. The van der Waals surface area contributed by atoms with Crippen LogP contribution in [0.1, 0.15) is 111 Å². The number of alkyl carbamates (subject to hydrolysis) is 3. The number of likely N-dealkylation sites (tertiary alicyclic amines) is 3. The molecular formula is C65H82BrN11O10. The van der Waals surface area contributed by atoms with Crippen molar-refractivity contribution in [2.75, 3.05) is 46.3 Å². The second kappa shape index (κ2) is 30.2. The number of halogens is 1. The SMILES string of the molecule is C.COC(=O)N[C@H](C(=O)N1CCC[C@H]1C(=O)Nc1ccc(-c2ccc(-c3ccc(-c4cnc([C@@H]5CCCN5C(=O)[C@@H](NC(=O)OC)C(C)C)[nH]4)cc3)cc2)cc1)C(C)C.COC(=O)N[C@H](C(=O)N1CCC[C@H]1c1ncc(-c2ccc(Br)cc2)[nH]1)C(C)C. The van der Waals surface area contributed by atoms with Crippen LogP contribution in [-0.2, 0) is 33.4 Å². The van der Waals surface area contributed by atoms with Gasteiger partial charge < -0.3 is 60.1 Å². The summed E-state index contributed by atoms with van der Waals surface area (Å²) in [7, 11) is 3.83. The first kappa shape index (κ1) is 66.0. The number of hydrogen-bond donors (Lipinski definition) is 6. The standard InChI is InChI=1S/C44H53N7O7.C20H25BrN4O3.CH4/c1-26(2)37(48-43(55)57-5)41(53)50-23-7-9-35(50)39-45-25-34(47-39)32-17-15-30(16-18-32)28-11-13-29(14-12-28)31-19-21-33(22-20-31)46-40(52)36-10-8-24-51(36)42(54)38(27(3)4)49-44(56)58-6;1-12(2)17(24-20(27)28-3)19(26)25-10-4-5-16(25)18-22-11-15(23-18)13-6-8-14(21)9-7-13;/h11-22,25-27,35-38H,7-10,23-24H2,1-6H3,(H,45,47)(H,46,52)(H,48,55)(H,49,56);6-9,11-12,16-17H,4-5,10H2,1-3H3,(H,22,23)(H,24,27);1H4/t35-,36-,37-,38-;16-,17-;/m00./s1. The van der Waals surface area contributed by atoms with E-state index in [1.807, 2.05) is 107 Å². The van der Waals surface area contributed by atoms with Gasteiger partial charge >= 0.3 is 18.3 Å². The molecule has 0 spiro atoms. The van der Waals surface area contributed by atoms with Crippen LogP contribution in [-0.4, -0.2) is 142 Å². The number of benzene rings is 4. The number of nitrogens with zero attached hydrogens (tertiary/aromatic N) is 5. The van der Waals surface area contributed by atoms with Crippen molar-refractivity contribution >= 4 is 63.5 Å². The molecule has 87 heavy (non-hydrogen) atoms. The lowest BCUT2D eigenvalue weighted by Crippen LogP contribution is -2.54. The number of anilines is 1. The van der Waals surface area contributed by atoms with E-state index in [0.717, 1.165) is 86.6 Å². The number of carbonyl (C=O) groups is 7. The zero-order valence-electron chi connectivity index (χ0n) is 50.1. The molecule has 3 aliphatic heterocycles. The highest BCUT2D eigenvalue weighted by Gasteiger charge is 2.41. The molecule has 21 nitrogen and oxygen atoms in total. The van der Waals surface area contributed by atoms with Gasteiger partial charge in [0.25, 0.3) is 0 Å². The Kier molecular flexibility index (Phi) is 22.9. The van der Waals surface area contributed by atoms with Crippen LogP contribution < -0.4 is 21.3 Å².